The van der Waals surface area contributed by atoms with Crippen molar-refractivity contribution in [2.45, 2.75) is 43.0 Å². The summed E-state index contributed by atoms with van der Waals surface area (Å²) in [7, 11) is -7.92. The van der Waals surface area contributed by atoms with Crippen LogP contribution in [0.2, 0.25) is 0 Å². The Morgan fingerprint density at radius 1 is 0.600 bits per heavy atom. The minimum absolute atomic E-state index is 0.114. The molecule has 214 valence electrons. The second-order valence-electron chi connectivity index (χ2n) is 10.3. The van der Waals surface area contributed by atoms with Gasteiger partial charge in [0.25, 0.3) is 0 Å². The lowest BCUT2D eigenvalue weighted by molar-refractivity contribution is -0.119. The van der Waals surface area contributed by atoms with Crippen molar-refractivity contribution in [1.82, 2.24) is 13.5 Å². The molecule has 40 heavy (non-hydrogen) atoms. The lowest BCUT2D eigenvalue weighted by Crippen LogP contribution is -2.44. The van der Waals surface area contributed by atoms with Crippen molar-refractivity contribution in [3.8, 4) is 0 Å². The lowest BCUT2D eigenvalue weighted by Gasteiger charge is -2.29. The average molecular weight is 584 g/mol. The van der Waals surface area contributed by atoms with Crippen molar-refractivity contribution in [3.63, 3.8) is 0 Å². The molecular weight excluding hydrogens is 546 g/mol. The fraction of sp³-hybridized carbons (Fsp3) is 0.367. The number of carbonyl (C=O) groups excluding carboxylic acids is 1. The first-order chi connectivity index (χ1) is 19.1. The third-order valence-corrected chi connectivity index (χ3v) is 10.8. The largest absolute Gasteiger partial charge is 0.299 e. The van der Waals surface area contributed by atoms with E-state index in [1.165, 1.54) is 8.61 Å². The summed E-state index contributed by atoms with van der Waals surface area (Å²) >= 11 is 0. The van der Waals surface area contributed by atoms with E-state index in [4.69, 9.17) is 0 Å². The Morgan fingerprint density at radius 2 is 1.02 bits per heavy atom. The topological polar surface area (TPSA) is 95.1 Å². The molecule has 1 heterocycles. The van der Waals surface area contributed by atoms with E-state index in [9.17, 15) is 21.6 Å². The zero-order valence-electron chi connectivity index (χ0n) is 23.1. The molecule has 1 saturated heterocycles. The summed E-state index contributed by atoms with van der Waals surface area (Å²) in [5, 5.41) is 0. The number of benzene rings is 3. The highest BCUT2D eigenvalue weighted by atomic mass is 32.2. The van der Waals surface area contributed by atoms with E-state index in [-0.39, 0.29) is 22.9 Å². The van der Waals surface area contributed by atoms with E-state index >= 15 is 0 Å². The van der Waals surface area contributed by atoms with Crippen LogP contribution >= 0.6 is 0 Å². The highest BCUT2D eigenvalue weighted by Gasteiger charge is 2.31. The molecule has 0 saturated carbocycles. The van der Waals surface area contributed by atoms with Crippen molar-refractivity contribution in [2.75, 3.05) is 39.3 Å². The summed E-state index contributed by atoms with van der Waals surface area (Å²) in [6, 6.07) is 23.1. The van der Waals surface area contributed by atoms with Crippen molar-refractivity contribution in [3.05, 3.63) is 95.6 Å². The third-order valence-electron chi connectivity index (χ3n) is 7.04. The zero-order valence-corrected chi connectivity index (χ0v) is 24.7. The SMILES string of the molecule is Cc1ccc(S(=O)(=O)N2CCCN(Cc3ccccc3)CCCN(S(=O)(=O)c3ccc(C)cc3)CC(=O)C2)cc1. The smallest absolute Gasteiger partial charge is 0.243 e. The summed E-state index contributed by atoms with van der Waals surface area (Å²) in [5.74, 6) is -0.465. The van der Waals surface area contributed by atoms with Crippen LogP contribution in [0.3, 0.4) is 0 Å². The summed E-state index contributed by atoms with van der Waals surface area (Å²) in [6.45, 7) is 5.14. The van der Waals surface area contributed by atoms with Gasteiger partial charge in [-0.2, -0.15) is 8.61 Å². The second kappa shape index (κ2) is 13.2. The molecule has 8 nitrogen and oxygen atoms in total. The van der Waals surface area contributed by atoms with Crippen LogP contribution in [-0.4, -0.2) is 75.4 Å². The van der Waals surface area contributed by atoms with E-state index in [1.54, 1.807) is 48.5 Å². The van der Waals surface area contributed by atoms with Gasteiger partial charge >= 0.3 is 0 Å². The van der Waals surface area contributed by atoms with Crippen LogP contribution in [0, 0.1) is 13.8 Å². The number of hydrogen-bond acceptors (Lipinski definition) is 6. The van der Waals surface area contributed by atoms with E-state index in [2.05, 4.69) is 4.90 Å². The minimum atomic E-state index is -3.96. The molecule has 3 aromatic carbocycles. The Labute approximate surface area is 238 Å². The predicted molar refractivity (Wildman–Crippen MR) is 156 cm³/mol. The molecule has 0 atom stereocenters. The molecule has 0 unspecified atom stereocenters. The predicted octanol–water partition coefficient (Wildman–Crippen LogP) is 3.85. The molecule has 0 aliphatic carbocycles. The van der Waals surface area contributed by atoms with E-state index < -0.39 is 38.9 Å². The van der Waals surface area contributed by atoms with Crippen molar-refractivity contribution < 1.29 is 21.6 Å². The average Bonchev–Trinajstić information content (AvgIpc) is 2.92. The van der Waals surface area contributed by atoms with Gasteiger partial charge in [-0.05, 0) is 69.6 Å². The molecule has 1 fully saturated rings. The quantitative estimate of drug-likeness (QED) is 0.438. The van der Waals surface area contributed by atoms with Gasteiger partial charge in [0, 0.05) is 19.6 Å². The molecule has 0 bridgehead atoms. The van der Waals surface area contributed by atoms with Gasteiger partial charge in [-0.15, -0.1) is 0 Å². The molecule has 0 amide bonds. The van der Waals surface area contributed by atoms with Gasteiger partial charge in [-0.3, -0.25) is 9.69 Å². The Kier molecular flexibility index (Phi) is 9.91. The van der Waals surface area contributed by atoms with Crippen LogP contribution in [0.5, 0.6) is 0 Å². The molecule has 0 radical (unpaired) electrons. The van der Waals surface area contributed by atoms with Crippen LogP contribution in [0.15, 0.2) is 88.7 Å². The molecule has 1 aliphatic heterocycles. The van der Waals surface area contributed by atoms with Crippen LogP contribution in [-0.2, 0) is 31.4 Å². The molecule has 10 heteroatoms. The molecule has 4 rings (SSSR count). The van der Waals surface area contributed by atoms with Gasteiger partial charge in [-0.25, -0.2) is 16.8 Å². The number of carbonyl (C=O) groups is 1. The van der Waals surface area contributed by atoms with E-state index in [1.807, 2.05) is 44.2 Å². The number of rotatable bonds is 6. The van der Waals surface area contributed by atoms with Gasteiger partial charge in [0.2, 0.25) is 20.0 Å². The highest BCUT2D eigenvalue weighted by molar-refractivity contribution is 7.89. The number of aryl methyl sites for hydroxylation is 2. The standard InChI is InChI=1S/C30H37N3O5S2/c1-25-10-14-29(15-11-25)39(35,36)32-20-6-18-31(22-27-8-4-3-5-9-27)19-7-21-33(24-28(34)23-32)40(37,38)30-16-12-26(2)13-17-30/h3-5,8-17H,6-7,18-24H2,1-2H3. The normalized spacial score (nSPS) is 17.7. The molecule has 1 aliphatic rings. The van der Waals surface area contributed by atoms with Crippen molar-refractivity contribution in [1.29, 1.82) is 0 Å². The van der Waals surface area contributed by atoms with Gasteiger partial charge in [0.05, 0.1) is 22.9 Å². The fourth-order valence-electron chi connectivity index (χ4n) is 4.78. The number of Topliss-reactive ketones (excluding diaryl/α,β-unsaturated/α-hetero) is 1. The Bertz CT molecular complexity index is 1400. The van der Waals surface area contributed by atoms with Crippen LogP contribution in [0.25, 0.3) is 0 Å². The number of nitrogens with zero attached hydrogens (tertiary/aromatic N) is 3. The van der Waals surface area contributed by atoms with Crippen molar-refractivity contribution >= 4 is 25.8 Å². The van der Waals surface area contributed by atoms with Crippen LogP contribution in [0.1, 0.15) is 29.5 Å². The first-order valence-corrected chi connectivity index (χ1v) is 16.4. The van der Waals surface area contributed by atoms with Crippen molar-refractivity contribution in [2.24, 2.45) is 0 Å². The van der Waals surface area contributed by atoms with E-state index in [0.717, 1.165) is 16.7 Å². The summed E-state index contributed by atoms with van der Waals surface area (Å²) < 4.78 is 56.8. The van der Waals surface area contributed by atoms with Gasteiger partial charge in [0.15, 0.2) is 5.78 Å². The lowest BCUT2D eigenvalue weighted by atomic mass is 10.2. The molecule has 0 spiro atoms. The van der Waals surface area contributed by atoms with Crippen LogP contribution < -0.4 is 0 Å². The van der Waals surface area contributed by atoms with Gasteiger partial charge in [-0.1, -0.05) is 65.7 Å². The van der Waals surface area contributed by atoms with Gasteiger partial charge in [0.1, 0.15) is 0 Å². The first-order valence-electron chi connectivity index (χ1n) is 13.5. The maximum Gasteiger partial charge on any atom is 0.243 e. The number of hydrogen-bond donors (Lipinski definition) is 0. The minimum Gasteiger partial charge on any atom is -0.299 e. The van der Waals surface area contributed by atoms with Crippen LogP contribution in [0.4, 0.5) is 0 Å². The molecule has 0 N–H and O–H groups in total. The fourth-order valence-corrected chi connectivity index (χ4v) is 7.71. The summed E-state index contributed by atoms with van der Waals surface area (Å²) in [5.41, 5.74) is 2.98. The summed E-state index contributed by atoms with van der Waals surface area (Å²) in [6.07, 6.45) is 1.08. The molecular formula is C30H37N3O5S2. The second-order valence-corrected chi connectivity index (χ2v) is 14.2. The number of ketones is 1. The Morgan fingerprint density at radius 3 is 1.45 bits per heavy atom. The third kappa shape index (κ3) is 7.64. The van der Waals surface area contributed by atoms with Gasteiger partial charge < -0.3 is 0 Å². The Hall–Kier alpha value is -2.89. The first kappa shape index (κ1) is 30.1. The Balaban J connectivity index is 1.63. The zero-order chi connectivity index (χ0) is 28.8. The summed E-state index contributed by atoms with van der Waals surface area (Å²) in [4.78, 5) is 15.7. The molecule has 3 aromatic rings. The monoisotopic (exact) mass is 583 g/mol. The maximum atomic E-state index is 13.6. The maximum absolute atomic E-state index is 13.6. The van der Waals surface area contributed by atoms with E-state index in [0.29, 0.717) is 32.5 Å². The number of sulfonamides is 2. The molecule has 0 aromatic heterocycles. The highest BCUT2D eigenvalue weighted by Crippen LogP contribution is 2.20.